The van der Waals surface area contributed by atoms with E-state index in [9.17, 15) is 4.79 Å². The Labute approximate surface area is 146 Å². The molecule has 0 spiro atoms. The summed E-state index contributed by atoms with van der Waals surface area (Å²) in [4.78, 5) is 26.0. The molecular weight excluding hydrogens is 322 g/mol. The van der Waals surface area contributed by atoms with Gasteiger partial charge in [0.05, 0.1) is 18.2 Å². The topological polar surface area (TPSA) is 84.6 Å². The predicted octanol–water partition coefficient (Wildman–Crippen LogP) is 1.31. The number of rotatable bonds is 4. The minimum Gasteiger partial charge on any atom is -0.383 e. The van der Waals surface area contributed by atoms with E-state index < -0.39 is 0 Å². The fraction of sp³-hybridized carbons (Fsp3) is 0.647. The lowest BCUT2D eigenvalue weighted by Crippen LogP contribution is -2.49. The van der Waals surface area contributed by atoms with Crippen molar-refractivity contribution in [2.45, 2.75) is 32.7 Å². The van der Waals surface area contributed by atoms with Gasteiger partial charge in [0.1, 0.15) is 17.0 Å². The lowest BCUT2D eigenvalue weighted by Gasteiger charge is -2.35. The monoisotopic (exact) mass is 345 g/mol. The van der Waals surface area contributed by atoms with Crippen LogP contribution in [0, 0.1) is 19.8 Å². The van der Waals surface area contributed by atoms with Gasteiger partial charge in [-0.1, -0.05) is 5.16 Å². The van der Waals surface area contributed by atoms with Crippen molar-refractivity contribution in [3.63, 3.8) is 0 Å². The van der Waals surface area contributed by atoms with E-state index in [1.165, 1.54) is 0 Å². The van der Waals surface area contributed by atoms with Gasteiger partial charge in [0.15, 0.2) is 0 Å². The van der Waals surface area contributed by atoms with Crippen molar-refractivity contribution in [2.75, 3.05) is 38.3 Å². The summed E-state index contributed by atoms with van der Waals surface area (Å²) in [5.41, 5.74) is 1.29. The van der Waals surface area contributed by atoms with Crippen LogP contribution in [-0.2, 0) is 9.53 Å². The summed E-state index contributed by atoms with van der Waals surface area (Å²) >= 11 is 0. The number of nitrogens with zero attached hydrogens (tertiary/aromatic N) is 5. The molecule has 0 aliphatic carbocycles. The number of piperidine rings is 1. The van der Waals surface area contributed by atoms with Gasteiger partial charge in [-0.05, 0) is 26.7 Å². The maximum absolute atomic E-state index is 12.8. The van der Waals surface area contributed by atoms with E-state index >= 15 is 0 Å². The second-order valence-electron chi connectivity index (χ2n) is 6.90. The van der Waals surface area contributed by atoms with Gasteiger partial charge in [-0.2, -0.15) is 4.98 Å². The molecule has 5 heterocycles. The van der Waals surface area contributed by atoms with Crippen LogP contribution in [0.2, 0.25) is 0 Å². The molecule has 3 saturated heterocycles. The molecule has 0 radical (unpaired) electrons. The molecule has 0 unspecified atom stereocenters. The van der Waals surface area contributed by atoms with Gasteiger partial charge in [-0.3, -0.25) is 4.79 Å². The Bertz CT molecular complexity index is 805. The highest BCUT2D eigenvalue weighted by atomic mass is 16.5. The molecule has 2 atom stereocenters. The Morgan fingerprint density at radius 3 is 2.88 bits per heavy atom. The molecule has 8 nitrogen and oxygen atoms in total. The molecule has 2 bridgehead atoms. The van der Waals surface area contributed by atoms with Crippen molar-refractivity contribution in [1.29, 1.82) is 0 Å². The van der Waals surface area contributed by atoms with E-state index in [2.05, 4.69) is 20.0 Å². The van der Waals surface area contributed by atoms with Crippen molar-refractivity contribution < 1.29 is 14.1 Å². The zero-order valence-electron chi connectivity index (χ0n) is 14.9. The summed E-state index contributed by atoms with van der Waals surface area (Å²) < 4.78 is 10.5. The maximum atomic E-state index is 12.8. The molecule has 25 heavy (non-hydrogen) atoms. The van der Waals surface area contributed by atoms with Crippen molar-refractivity contribution in [3.8, 4) is 0 Å². The quantitative estimate of drug-likeness (QED) is 0.826. The fourth-order valence-corrected chi connectivity index (χ4v) is 4.00. The minimum atomic E-state index is 0.00101. The summed E-state index contributed by atoms with van der Waals surface area (Å²) in [6, 6.07) is 0.187. The second-order valence-corrected chi connectivity index (χ2v) is 6.90. The van der Waals surface area contributed by atoms with Gasteiger partial charge in [0.25, 0.3) is 5.71 Å². The molecule has 0 saturated carbocycles. The number of hydrogen-bond donors (Lipinski definition) is 0. The number of anilines is 1. The first-order chi connectivity index (χ1) is 12.1. The molecule has 0 aromatic carbocycles. The van der Waals surface area contributed by atoms with E-state index in [4.69, 9.17) is 9.26 Å². The minimum absolute atomic E-state index is 0.00101. The van der Waals surface area contributed by atoms with Gasteiger partial charge in [-0.25, -0.2) is 4.98 Å². The van der Waals surface area contributed by atoms with Crippen molar-refractivity contribution >= 4 is 22.8 Å². The summed E-state index contributed by atoms with van der Waals surface area (Å²) in [5, 5.41) is 4.89. The fourth-order valence-electron chi connectivity index (χ4n) is 4.00. The lowest BCUT2D eigenvalue weighted by atomic mass is 9.94. The molecule has 2 aromatic heterocycles. The number of amides is 1. The largest absolute Gasteiger partial charge is 0.383 e. The smallest absolute Gasteiger partial charge is 0.263 e. The molecule has 0 N–H and O–H groups in total. The first kappa shape index (κ1) is 16.3. The SMILES string of the molecule is COCCN1C(=O)[C@H]2CC[C@@H]1CN(c1nc(C)nc3onc(C)c13)C2. The first-order valence-electron chi connectivity index (χ1n) is 8.73. The molecule has 3 aliphatic rings. The van der Waals surface area contributed by atoms with Crippen LogP contribution in [0.4, 0.5) is 5.82 Å². The zero-order chi connectivity index (χ0) is 17.6. The van der Waals surface area contributed by atoms with Gasteiger partial charge in [0, 0.05) is 32.8 Å². The highest BCUT2D eigenvalue weighted by Gasteiger charge is 2.41. The zero-order valence-corrected chi connectivity index (χ0v) is 14.9. The maximum Gasteiger partial charge on any atom is 0.263 e. The van der Waals surface area contributed by atoms with Crippen LogP contribution < -0.4 is 4.90 Å². The number of methoxy groups -OCH3 is 1. The highest BCUT2D eigenvalue weighted by Crippen LogP contribution is 2.34. The Morgan fingerprint density at radius 2 is 2.08 bits per heavy atom. The van der Waals surface area contributed by atoms with E-state index in [-0.39, 0.29) is 17.9 Å². The number of aryl methyl sites for hydroxylation is 2. The number of hydrogen-bond acceptors (Lipinski definition) is 7. The summed E-state index contributed by atoms with van der Waals surface area (Å²) in [5.74, 6) is 1.72. The molecule has 8 heteroatoms. The third-order valence-electron chi connectivity index (χ3n) is 5.23. The van der Waals surface area contributed by atoms with Crippen molar-refractivity contribution in [3.05, 3.63) is 11.5 Å². The molecular formula is C17H23N5O3. The predicted molar refractivity (Wildman–Crippen MR) is 91.4 cm³/mol. The number of ether oxygens (including phenoxy) is 1. The van der Waals surface area contributed by atoms with Gasteiger partial charge < -0.3 is 19.1 Å². The Hall–Kier alpha value is -2.22. The van der Waals surface area contributed by atoms with E-state index in [0.29, 0.717) is 31.2 Å². The molecule has 134 valence electrons. The third kappa shape index (κ3) is 2.74. The third-order valence-corrected chi connectivity index (χ3v) is 5.23. The van der Waals surface area contributed by atoms with Gasteiger partial charge in [0.2, 0.25) is 5.91 Å². The van der Waals surface area contributed by atoms with E-state index in [1.54, 1.807) is 7.11 Å². The van der Waals surface area contributed by atoms with E-state index in [1.807, 2.05) is 18.7 Å². The Balaban J connectivity index is 1.71. The van der Waals surface area contributed by atoms with Crippen LogP contribution in [0.1, 0.15) is 24.4 Å². The molecule has 2 aromatic rings. The number of fused-ring (bicyclic) bond motifs is 5. The summed E-state index contributed by atoms with van der Waals surface area (Å²) in [7, 11) is 1.67. The molecule has 3 fully saturated rings. The van der Waals surface area contributed by atoms with Crippen LogP contribution >= 0.6 is 0 Å². The summed E-state index contributed by atoms with van der Waals surface area (Å²) in [6.07, 6.45) is 1.95. The van der Waals surface area contributed by atoms with E-state index in [0.717, 1.165) is 36.3 Å². The second kappa shape index (κ2) is 6.25. The normalized spacial score (nSPS) is 23.6. The number of carbonyl (C=O) groups is 1. The average Bonchev–Trinajstić information content (AvgIpc) is 2.78. The number of carbonyl (C=O) groups excluding carboxylic acids is 1. The number of aromatic nitrogens is 3. The summed E-state index contributed by atoms with van der Waals surface area (Å²) in [6.45, 7) is 6.41. The van der Waals surface area contributed by atoms with Gasteiger partial charge in [-0.15, -0.1) is 0 Å². The lowest BCUT2D eigenvalue weighted by molar-refractivity contribution is -0.140. The van der Waals surface area contributed by atoms with Gasteiger partial charge >= 0.3 is 0 Å². The van der Waals surface area contributed by atoms with Crippen molar-refractivity contribution in [1.82, 2.24) is 20.0 Å². The van der Waals surface area contributed by atoms with Crippen LogP contribution in [0.5, 0.6) is 0 Å². The van der Waals surface area contributed by atoms with Crippen LogP contribution in [0.3, 0.4) is 0 Å². The standard InChI is InChI=1S/C17H23N5O3/c1-10-14-15(18-11(2)19-16(14)25-20-10)21-8-12-4-5-13(9-21)22(17(12)23)6-7-24-3/h12-13H,4-9H2,1-3H3/t12-,13+/m0/s1. The average molecular weight is 345 g/mol. The molecule has 5 rings (SSSR count). The van der Waals surface area contributed by atoms with Crippen molar-refractivity contribution in [2.24, 2.45) is 5.92 Å². The Kier molecular flexibility index (Phi) is 4.07. The highest BCUT2D eigenvalue weighted by molar-refractivity contribution is 5.89. The Morgan fingerprint density at radius 1 is 1.24 bits per heavy atom. The van der Waals surface area contributed by atoms with Crippen LogP contribution in [-0.4, -0.2) is 65.3 Å². The molecule has 1 amide bonds. The first-order valence-corrected chi connectivity index (χ1v) is 8.73. The van der Waals surface area contributed by atoms with Crippen LogP contribution in [0.15, 0.2) is 4.52 Å². The molecule has 3 aliphatic heterocycles. The van der Waals surface area contributed by atoms with Crippen LogP contribution in [0.25, 0.3) is 11.1 Å².